The maximum absolute atomic E-state index is 5.74. The topological polar surface area (TPSA) is 50.7 Å². The molecule has 2 rings (SSSR count). The average Bonchev–Trinajstić information content (AvgIpc) is 2.83. The van der Waals surface area contributed by atoms with E-state index in [0.29, 0.717) is 11.7 Å². The van der Waals surface area contributed by atoms with Crippen LogP contribution < -0.4 is 5.32 Å². The highest BCUT2D eigenvalue weighted by Gasteiger charge is 2.10. The van der Waals surface area contributed by atoms with Gasteiger partial charge in [-0.1, -0.05) is 6.92 Å². The van der Waals surface area contributed by atoms with Crippen LogP contribution in [0.2, 0.25) is 5.28 Å². The molecule has 1 unspecified atom stereocenters. The van der Waals surface area contributed by atoms with Crippen molar-refractivity contribution in [1.29, 1.82) is 0 Å². The molecule has 2 aromatic heterocycles. The van der Waals surface area contributed by atoms with Crippen LogP contribution in [0.25, 0.3) is 0 Å². The first-order valence-electron chi connectivity index (χ1n) is 4.98. The third kappa shape index (κ3) is 3.37. The highest BCUT2D eigenvalue weighted by atomic mass is 79.9. The van der Waals surface area contributed by atoms with Crippen molar-refractivity contribution in [2.45, 2.75) is 12.8 Å². The van der Waals surface area contributed by atoms with E-state index in [1.165, 1.54) is 0 Å². The summed E-state index contributed by atoms with van der Waals surface area (Å²) in [7, 11) is 0. The first-order valence-corrected chi connectivity index (χ1v) is 7.03. The van der Waals surface area contributed by atoms with Gasteiger partial charge in [-0.25, -0.2) is 9.97 Å². The number of thiazole rings is 1. The highest BCUT2D eigenvalue weighted by Crippen LogP contribution is 2.22. The van der Waals surface area contributed by atoms with Crippen LogP contribution >= 0.6 is 38.9 Å². The number of rotatable bonds is 4. The Morgan fingerprint density at radius 3 is 3.06 bits per heavy atom. The molecule has 2 aromatic rings. The molecular formula is C10H10BrClN4S. The third-order valence-corrected chi connectivity index (χ3v) is 3.93. The smallest absolute Gasteiger partial charge is 0.224 e. The zero-order valence-corrected chi connectivity index (χ0v) is 12.2. The Balaban J connectivity index is 2.00. The number of nitrogens with zero attached hydrogens (tertiary/aromatic N) is 3. The summed E-state index contributed by atoms with van der Waals surface area (Å²) in [5.74, 6) is 1.03. The summed E-state index contributed by atoms with van der Waals surface area (Å²) in [4.78, 5) is 12.3. The molecule has 0 aliphatic carbocycles. The molecule has 0 saturated carbocycles. The molecule has 4 nitrogen and oxygen atoms in total. The summed E-state index contributed by atoms with van der Waals surface area (Å²) in [6, 6.07) is 0. The number of hydrogen-bond donors (Lipinski definition) is 1. The van der Waals surface area contributed by atoms with Gasteiger partial charge in [0.2, 0.25) is 5.28 Å². The molecule has 0 fully saturated rings. The van der Waals surface area contributed by atoms with Gasteiger partial charge in [0.25, 0.3) is 0 Å². The minimum absolute atomic E-state index is 0.234. The molecule has 0 amide bonds. The van der Waals surface area contributed by atoms with E-state index in [2.05, 4.69) is 43.1 Å². The molecule has 2 heterocycles. The molecule has 0 aliphatic heterocycles. The fourth-order valence-corrected chi connectivity index (χ4v) is 2.45. The Bertz CT molecular complexity index is 491. The maximum Gasteiger partial charge on any atom is 0.224 e. The van der Waals surface area contributed by atoms with Crippen LogP contribution in [0.15, 0.2) is 22.2 Å². The maximum atomic E-state index is 5.74. The van der Waals surface area contributed by atoms with Gasteiger partial charge in [-0.05, 0) is 27.5 Å². The van der Waals surface area contributed by atoms with E-state index in [1.54, 1.807) is 17.5 Å². The third-order valence-electron chi connectivity index (χ3n) is 2.16. The van der Waals surface area contributed by atoms with Crippen LogP contribution in [0.1, 0.15) is 17.8 Å². The van der Waals surface area contributed by atoms with Crippen LogP contribution in [0.5, 0.6) is 0 Å². The molecule has 0 saturated heterocycles. The van der Waals surface area contributed by atoms with Gasteiger partial charge in [-0.15, -0.1) is 11.3 Å². The van der Waals surface area contributed by atoms with Gasteiger partial charge in [0.1, 0.15) is 5.82 Å². The normalized spacial score (nSPS) is 12.4. The lowest BCUT2D eigenvalue weighted by molar-refractivity contribution is 0.790. The summed E-state index contributed by atoms with van der Waals surface area (Å²) in [6.45, 7) is 2.86. The summed E-state index contributed by atoms with van der Waals surface area (Å²) in [5.41, 5.74) is 0. The second-order valence-electron chi connectivity index (χ2n) is 3.49. The van der Waals surface area contributed by atoms with Crippen molar-refractivity contribution in [1.82, 2.24) is 15.0 Å². The second kappa shape index (κ2) is 5.75. The zero-order chi connectivity index (χ0) is 12.3. The lowest BCUT2D eigenvalue weighted by Crippen LogP contribution is -2.11. The van der Waals surface area contributed by atoms with Gasteiger partial charge in [0, 0.05) is 30.2 Å². The van der Waals surface area contributed by atoms with Crippen LogP contribution in [0.4, 0.5) is 5.82 Å². The first kappa shape index (κ1) is 12.7. The fraction of sp³-hybridized carbons (Fsp3) is 0.300. The van der Waals surface area contributed by atoms with Gasteiger partial charge < -0.3 is 5.32 Å². The Labute approximate surface area is 117 Å². The van der Waals surface area contributed by atoms with Gasteiger partial charge in [-0.3, -0.25) is 0 Å². The van der Waals surface area contributed by atoms with Crippen LogP contribution in [0, 0.1) is 0 Å². The number of aromatic nitrogens is 3. The van der Waals surface area contributed by atoms with E-state index >= 15 is 0 Å². The summed E-state index contributed by atoms with van der Waals surface area (Å²) in [6.07, 6.45) is 3.44. The summed E-state index contributed by atoms with van der Waals surface area (Å²) >= 11 is 10.8. The van der Waals surface area contributed by atoms with Crippen molar-refractivity contribution < 1.29 is 0 Å². The molecule has 17 heavy (non-hydrogen) atoms. The lowest BCUT2D eigenvalue weighted by Gasteiger charge is -2.11. The van der Waals surface area contributed by atoms with Crippen LogP contribution in [-0.2, 0) is 0 Å². The van der Waals surface area contributed by atoms with E-state index in [0.717, 1.165) is 16.0 Å². The summed E-state index contributed by atoms with van der Waals surface area (Å²) < 4.78 is 0.799. The van der Waals surface area contributed by atoms with Crippen LogP contribution in [-0.4, -0.2) is 21.5 Å². The molecule has 0 radical (unpaired) electrons. The van der Waals surface area contributed by atoms with Crippen molar-refractivity contribution in [3.8, 4) is 0 Å². The van der Waals surface area contributed by atoms with Crippen molar-refractivity contribution in [3.63, 3.8) is 0 Å². The minimum atomic E-state index is 0.234. The largest absolute Gasteiger partial charge is 0.368 e. The minimum Gasteiger partial charge on any atom is -0.368 e. The Kier molecular flexibility index (Phi) is 4.31. The Morgan fingerprint density at radius 2 is 2.35 bits per heavy atom. The number of halogens is 2. The quantitative estimate of drug-likeness (QED) is 0.869. The van der Waals surface area contributed by atoms with E-state index in [1.807, 2.05) is 11.6 Å². The fourth-order valence-electron chi connectivity index (χ4n) is 1.28. The van der Waals surface area contributed by atoms with Gasteiger partial charge >= 0.3 is 0 Å². The van der Waals surface area contributed by atoms with Crippen LogP contribution in [0.3, 0.4) is 0 Å². The number of hydrogen-bond acceptors (Lipinski definition) is 5. The number of nitrogens with one attached hydrogen (secondary N) is 1. The molecule has 0 spiro atoms. The molecule has 0 aliphatic rings. The molecule has 7 heteroatoms. The van der Waals surface area contributed by atoms with Crippen molar-refractivity contribution >= 4 is 44.7 Å². The predicted octanol–water partition coefficient (Wildman–Crippen LogP) is 3.56. The SMILES string of the molecule is CC(CNc1nc(Cl)ncc1Br)c1nccs1. The number of anilines is 1. The molecule has 0 aromatic carbocycles. The van der Waals surface area contributed by atoms with Crippen molar-refractivity contribution in [2.24, 2.45) is 0 Å². The molecule has 1 N–H and O–H groups in total. The lowest BCUT2D eigenvalue weighted by atomic mass is 10.2. The van der Waals surface area contributed by atoms with E-state index in [9.17, 15) is 0 Å². The van der Waals surface area contributed by atoms with Gasteiger partial charge in [-0.2, -0.15) is 4.98 Å². The molecule has 1 atom stereocenters. The highest BCUT2D eigenvalue weighted by molar-refractivity contribution is 9.10. The van der Waals surface area contributed by atoms with Gasteiger partial charge in [0.15, 0.2) is 0 Å². The monoisotopic (exact) mass is 332 g/mol. The van der Waals surface area contributed by atoms with E-state index in [-0.39, 0.29) is 5.28 Å². The van der Waals surface area contributed by atoms with E-state index < -0.39 is 0 Å². The zero-order valence-electron chi connectivity index (χ0n) is 9.02. The molecule has 0 bridgehead atoms. The molecule has 90 valence electrons. The molecular weight excluding hydrogens is 324 g/mol. The second-order valence-corrected chi connectivity index (χ2v) is 5.61. The van der Waals surface area contributed by atoms with E-state index in [4.69, 9.17) is 11.6 Å². The first-order chi connectivity index (χ1) is 8.16. The Hall–Kier alpha value is -0.720. The standard InChI is InChI=1S/C10H10BrClN4S/c1-6(9-13-2-3-17-9)4-14-8-7(11)5-15-10(12)16-8/h2-3,5-6H,4H2,1H3,(H,14,15,16). The average molecular weight is 334 g/mol. The predicted molar refractivity (Wildman–Crippen MR) is 73.8 cm³/mol. The van der Waals surface area contributed by atoms with Gasteiger partial charge in [0.05, 0.1) is 9.48 Å². The summed E-state index contributed by atoms with van der Waals surface area (Å²) in [5, 5.41) is 6.54. The Morgan fingerprint density at radius 1 is 1.53 bits per heavy atom. The van der Waals surface area contributed by atoms with Crippen molar-refractivity contribution in [2.75, 3.05) is 11.9 Å². The van der Waals surface area contributed by atoms with Crippen molar-refractivity contribution in [3.05, 3.63) is 32.5 Å².